The van der Waals surface area contributed by atoms with Crippen molar-refractivity contribution in [1.82, 2.24) is 14.6 Å². The number of fused-ring (bicyclic) bond motifs is 1. The van der Waals surface area contributed by atoms with Gasteiger partial charge in [-0.25, -0.2) is 9.37 Å². The van der Waals surface area contributed by atoms with Crippen LogP contribution in [0.2, 0.25) is 0 Å². The van der Waals surface area contributed by atoms with Crippen LogP contribution in [0.1, 0.15) is 5.69 Å². The minimum absolute atomic E-state index is 0.0473. The highest BCUT2D eigenvalue weighted by Gasteiger charge is 2.12. The van der Waals surface area contributed by atoms with E-state index in [-0.39, 0.29) is 11.3 Å². The first kappa shape index (κ1) is 8.03. The van der Waals surface area contributed by atoms with E-state index in [1.165, 1.54) is 6.92 Å². The summed E-state index contributed by atoms with van der Waals surface area (Å²) in [5.41, 5.74) is 0.00593. The van der Waals surface area contributed by atoms with Gasteiger partial charge in [-0.3, -0.25) is 0 Å². The first-order valence-corrected chi connectivity index (χ1v) is 3.46. The molecule has 0 saturated heterocycles. The first-order chi connectivity index (χ1) is 6.09. The van der Waals surface area contributed by atoms with Crippen molar-refractivity contribution in [2.24, 2.45) is 0 Å². The van der Waals surface area contributed by atoms with Gasteiger partial charge in [-0.15, -0.1) is 5.10 Å². The van der Waals surface area contributed by atoms with Crippen molar-refractivity contribution in [3.8, 4) is 0 Å². The average molecular weight is 187 g/mol. The summed E-state index contributed by atoms with van der Waals surface area (Å²) in [6.45, 7) is 1.39. The number of nitrogens with zero attached hydrogens (tertiary/aromatic N) is 3. The molecule has 6 heteroatoms. The molecule has 0 saturated carbocycles. The Morgan fingerprint density at radius 3 is 2.69 bits per heavy atom. The largest absolute Gasteiger partial charge is 0.267 e. The second-order valence-electron chi connectivity index (χ2n) is 2.54. The van der Waals surface area contributed by atoms with Gasteiger partial charge in [0.2, 0.25) is 5.95 Å². The van der Waals surface area contributed by atoms with Gasteiger partial charge in [-0.05, 0) is 6.92 Å². The number of halogens is 3. The molecule has 3 nitrogen and oxygen atoms in total. The molecule has 0 N–H and O–H groups in total. The van der Waals surface area contributed by atoms with Crippen LogP contribution >= 0.6 is 0 Å². The Balaban J connectivity index is 2.89. The molecular weight excluding hydrogens is 183 g/mol. The smallest absolute Gasteiger partial charge is 0.229 e. The van der Waals surface area contributed by atoms with Crippen molar-refractivity contribution >= 4 is 5.65 Å². The lowest BCUT2D eigenvalue weighted by atomic mass is 10.5. The van der Waals surface area contributed by atoms with Crippen LogP contribution in [0.25, 0.3) is 5.65 Å². The molecule has 0 bridgehead atoms. The Bertz CT molecular complexity index is 477. The minimum Gasteiger partial charge on any atom is -0.229 e. The number of hydrogen-bond acceptors (Lipinski definition) is 2. The highest BCUT2D eigenvalue weighted by atomic mass is 19.2. The van der Waals surface area contributed by atoms with Crippen LogP contribution in [0.4, 0.5) is 13.2 Å². The lowest BCUT2D eigenvalue weighted by molar-refractivity contribution is 0.443. The molecule has 0 aliphatic rings. The summed E-state index contributed by atoms with van der Waals surface area (Å²) in [7, 11) is 0. The van der Waals surface area contributed by atoms with E-state index in [9.17, 15) is 13.2 Å². The Labute approximate surface area is 70.8 Å². The second-order valence-corrected chi connectivity index (χ2v) is 2.54. The molecule has 0 aromatic carbocycles. The predicted molar refractivity (Wildman–Crippen MR) is 37.6 cm³/mol. The average Bonchev–Trinajstić information content (AvgIpc) is 2.32. The molecule has 2 heterocycles. The van der Waals surface area contributed by atoms with Gasteiger partial charge in [0.15, 0.2) is 11.5 Å². The van der Waals surface area contributed by atoms with E-state index < -0.39 is 17.7 Å². The molecule has 0 fully saturated rings. The van der Waals surface area contributed by atoms with E-state index in [1.54, 1.807) is 0 Å². The third-order valence-corrected chi connectivity index (χ3v) is 1.62. The number of aromatic nitrogens is 3. The zero-order valence-electron chi connectivity index (χ0n) is 6.55. The molecule has 0 aliphatic carbocycles. The molecule has 0 spiro atoms. The van der Waals surface area contributed by atoms with Crippen molar-refractivity contribution in [3.63, 3.8) is 0 Å². The molecule has 13 heavy (non-hydrogen) atoms. The number of hydrogen-bond donors (Lipinski definition) is 0. The van der Waals surface area contributed by atoms with Gasteiger partial charge in [0.05, 0.1) is 5.69 Å². The van der Waals surface area contributed by atoms with Crippen LogP contribution in [-0.2, 0) is 0 Å². The second kappa shape index (κ2) is 2.45. The van der Waals surface area contributed by atoms with Crippen molar-refractivity contribution in [2.75, 3.05) is 0 Å². The van der Waals surface area contributed by atoms with E-state index in [0.29, 0.717) is 4.52 Å². The summed E-state index contributed by atoms with van der Waals surface area (Å²) >= 11 is 0. The molecule has 2 rings (SSSR count). The topological polar surface area (TPSA) is 30.2 Å². The maximum absolute atomic E-state index is 13.0. The van der Waals surface area contributed by atoms with E-state index in [2.05, 4.69) is 10.1 Å². The third kappa shape index (κ3) is 1.06. The highest BCUT2D eigenvalue weighted by Crippen LogP contribution is 2.11. The van der Waals surface area contributed by atoms with Gasteiger partial charge >= 0.3 is 0 Å². The van der Waals surface area contributed by atoms with Gasteiger partial charge < -0.3 is 0 Å². The lowest BCUT2D eigenvalue weighted by Crippen LogP contribution is -2.00. The minimum atomic E-state index is -1.34. The highest BCUT2D eigenvalue weighted by molar-refractivity contribution is 5.38. The Morgan fingerprint density at radius 2 is 2.00 bits per heavy atom. The maximum Gasteiger partial charge on any atom is 0.267 e. The fourth-order valence-electron chi connectivity index (χ4n) is 1.02. The first-order valence-electron chi connectivity index (χ1n) is 3.46. The number of rotatable bonds is 0. The molecule has 0 aliphatic heterocycles. The van der Waals surface area contributed by atoms with Crippen LogP contribution in [-0.4, -0.2) is 14.6 Å². The van der Waals surface area contributed by atoms with Crippen molar-refractivity contribution in [3.05, 3.63) is 29.5 Å². The molecule has 0 atom stereocenters. The fraction of sp³-hybridized carbons (Fsp3) is 0.143. The summed E-state index contributed by atoms with van der Waals surface area (Å²) in [5, 5.41) is 3.03. The van der Waals surface area contributed by atoms with Crippen LogP contribution in [0, 0.1) is 24.6 Å². The zero-order valence-corrected chi connectivity index (χ0v) is 6.55. The lowest BCUT2D eigenvalue weighted by Gasteiger charge is -1.93. The quantitative estimate of drug-likeness (QED) is 0.624. The molecular formula is C7H4F3N3. The predicted octanol–water partition coefficient (Wildman–Crippen LogP) is 1.46. The van der Waals surface area contributed by atoms with Crippen molar-refractivity contribution in [1.29, 1.82) is 0 Å². The molecule has 0 unspecified atom stereocenters. The summed E-state index contributed by atoms with van der Waals surface area (Å²) in [5.74, 6) is -3.27. The van der Waals surface area contributed by atoms with E-state index in [0.717, 1.165) is 6.07 Å². The van der Waals surface area contributed by atoms with Gasteiger partial charge in [0.1, 0.15) is 0 Å². The Morgan fingerprint density at radius 1 is 1.31 bits per heavy atom. The van der Waals surface area contributed by atoms with Gasteiger partial charge in [-0.1, -0.05) is 0 Å². The fourth-order valence-corrected chi connectivity index (χ4v) is 1.02. The molecule has 2 aromatic heterocycles. The number of imidazole rings is 1. The van der Waals surface area contributed by atoms with Crippen molar-refractivity contribution < 1.29 is 13.2 Å². The molecule has 2 aromatic rings. The SMILES string of the molecule is Cc1nc2cc(F)c(F)nn2c1F. The monoisotopic (exact) mass is 187 g/mol. The summed E-state index contributed by atoms with van der Waals surface area (Å²) < 4.78 is 38.8. The normalized spacial score (nSPS) is 11.1. The number of aryl methyl sites for hydroxylation is 1. The summed E-state index contributed by atoms with van der Waals surface area (Å²) in [6, 6.07) is 0.790. The van der Waals surface area contributed by atoms with Crippen molar-refractivity contribution in [2.45, 2.75) is 6.92 Å². The summed E-state index contributed by atoms with van der Waals surface area (Å²) in [4.78, 5) is 3.63. The molecule has 0 amide bonds. The van der Waals surface area contributed by atoms with Gasteiger partial charge in [-0.2, -0.15) is 13.3 Å². The Hall–Kier alpha value is -1.59. The van der Waals surface area contributed by atoms with E-state index in [1.807, 2.05) is 0 Å². The van der Waals surface area contributed by atoms with Crippen LogP contribution in [0.3, 0.4) is 0 Å². The van der Waals surface area contributed by atoms with Crippen LogP contribution in [0.15, 0.2) is 6.07 Å². The zero-order chi connectivity index (χ0) is 9.59. The van der Waals surface area contributed by atoms with E-state index in [4.69, 9.17) is 0 Å². The van der Waals surface area contributed by atoms with Gasteiger partial charge in [0, 0.05) is 6.07 Å². The van der Waals surface area contributed by atoms with Crippen LogP contribution in [0.5, 0.6) is 0 Å². The Kier molecular flexibility index (Phi) is 1.51. The van der Waals surface area contributed by atoms with Crippen LogP contribution < -0.4 is 0 Å². The molecule has 0 radical (unpaired) electrons. The molecule has 68 valence electrons. The summed E-state index contributed by atoms with van der Waals surface area (Å²) in [6.07, 6.45) is 0. The van der Waals surface area contributed by atoms with Gasteiger partial charge in [0.25, 0.3) is 5.95 Å². The maximum atomic E-state index is 13.0. The third-order valence-electron chi connectivity index (χ3n) is 1.62. The van der Waals surface area contributed by atoms with E-state index >= 15 is 0 Å². The standard InChI is InChI=1S/C7H4F3N3/c1-3-7(10)13-5(11-3)2-4(8)6(9)12-13/h2H,1H3.